The van der Waals surface area contributed by atoms with Crippen LogP contribution in [0.4, 0.5) is 0 Å². The summed E-state index contributed by atoms with van der Waals surface area (Å²) in [4.78, 5) is 27.5. The number of ether oxygens (including phenoxy) is 1. The Labute approximate surface area is 141 Å². The molecule has 0 atom stereocenters. The molecule has 0 heterocycles. The lowest BCUT2D eigenvalue weighted by atomic mass is 10.2. The minimum atomic E-state index is -0.213. The quantitative estimate of drug-likeness (QED) is 0.708. The van der Waals surface area contributed by atoms with E-state index in [2.05, 4.69) is 31.9 Å². The summed E-state index contributed by atoms with van der Waals surface area (Å²) in [6.45, 7) is 0.750. The van der Waals surface area contributed by atoms with Gasteiger partial charge in [0.05, 0.1) is 12.2 Å². The molecular formula is C14H18Br2N2O3. The number of likely N-dealkylation sites (N-methyl/N-ethyl adjacent to an activating group) is 1. The molecular weight excluding hydrogens is 404 g/mol. The van der Waals surface area contributed by atoms with Gasteiger partial charge >= 0.3 is 0 Å². The summed E-state index contributed by atoms with van der Waals surface area (Å²) in [5.74, 6) is -0.346. The smallest absolute Gasteiger partial charge is 0.255 e. The number of carbonyl (C=O) groups is 2. The van der Waals surface area contributed by atoms with Crippen LogP contribution in [0, 0.1) is 0 Å². The maximum absolute atomic E-state index is 12.6. The third-order valence-electron chi connectivity index (χ3n) is 2.84. The molecule has 21 heavy (non-hydrogen) atoms. The van der Waals surface area contributed by atoms with E-state index in [-0.39, 0.29) is 18.4 Å². The first kappa shape index (κ1) is 18.1. The summed E-state index contributed by atoms with van der Waals surface area (Å²) in [7, 11) is 4.89. The largest absolute Gasteiger partial charge is 0.383 e. The zero-order valence-electron chi connectivity index (χ0n) is 12.2. The van der Waals surface area contributed by atoms with Gasteiger partial charge in [-0.3, -0.25) is 9.59 Å². The van der Waals surface area contributed by atoms with E-state index < -0.39 is 0 Å². The second-order valence-electron chi connectivity index (χ2n) is 4.63. The molecule has 0 fully saturated rings. The molecule has 0 saturated heterocycles. The summed E-state index contributed by atoms with van der Waals surface area (Å²) in [5, 5.41) is 0. The summed E-state index contributed by atoms with van der Waals surface area (Å²) >= 11 is 6.72. The Hall–Kier alpha value is -0.920. The molecule has 0 aliphatic carbocycles. The second-order valence-corrected chi connectivity index (χ2v) is 6.40. The molecule has 1 aromatic rings. The molecule has 0 bridgehead atoms. The maximum Gasteiger partial charge on any atom is 0.255 e. The number of hydrogen-bond acceptors (Lipinski definition) is 3. The van der Waals surface area contributed by atoms with Crippen molar-refractivity contribution in [3.05, 3.63) is 32.7 Å². The van der Waals surface area contributed by atoms with E-state index >= 15 is 0 Å². The molecule has 0 radical (unpaired) electrons. The van der Waals surface area contributed by atoms with Crippen LogP contribution in [0.15, 0.2) is 27.1 Å². The summed E-state index contributed by atoms with van der Waals surface area (Å²) in [6, 6.07) is 5.36. The van der Waals surface area contributed by atoms with Crippen molar-refractivity contribution in [2.75, 3.05) is 40.9 Å². The maximum atomic E-state index is 12.6. The molecule has 0 aliphatic heterocycles. The first-order valence-corrected chi connectivity index (χ1v) is 7.88. The number of rotatable bonds is 6. The first-order chi connectivity index (χ1) is 9.86. The SMILES string of the molecule is COCCN(CC(=O)N(C)C)C(=O)c1cc(Br)ccc1Br. The molecule has 0 N–H and O–H groups in total. The highest BCUT2D eigenvalue weighted by molar-refractivity contribution is 9.11. The van der Waals surface area contributed by atoms with Crippen LogP contribution in [-0.4, -0.2) is 62.5 Å². The van der Waals surface area contributed by atoms with Gasteiger partial charge in [0, 0.05) is 36.7 Å². The lowest BCUT2D eigenvalue weighted by Gasteiger charge is -2.24. The van der Waals surface area contributed by atoms with Crippen molar-refractivity contribution in [2.45, 2.75) is 0 Å². The van der Waals surface area contributed by atoms with E-state index in [1.807, 2.05) is 6.07 Å². The van der Waals surface area contributed by atoms with Gasteiger partial charge < -0.3 is 14.5 Å². The van der Waals surface area contributed by atoms with Crippen molar-refractivity contribution in [3.8, 4) is 0 Å². The Balaban J connectivity index is 2.98. The fraction of sp³-hybridized carbons (Fsp3) is 0.429. The molecule has 7 heteroatoms. The molecule has 0 spiro atoms. The van der Waals surface area contributed by atoms with Gasteiger partial charge in [0.25, 0.3) is 5.91 Å². The lowest BCUT2D eigenvalue weighted by molar-refractivity contribution is -0.129. The Morgan fingerprint density at radius 1 is 1.24 bits per heavy atom. The minimum absolute atomic E-state index is 0.0220. The van der Waals surface area contributed by atoms with Crippen LogP contribution in [-0.2, 0) is 9.53 Å². The van der Waals surface area contributed by atoms with Crippen molar-refractivity contribution >= 4 is 43.7 Å². The van der Waals surface area contributed by atoms with Gasteiger partial charge in [-0.05, 0) is 34.1 Å². The molecule has 0 aliphatic rings. The number of benzene rings is 1. The number of nitrogens with zero attached hydrogens (tertiary/aromatic N) is 2. The predicted octanol–water partition coefficient (Wildman–Crippen LogP) is 2.39. The van der Waals surface area contributed by atoms with Crippen LogP contribution < -0.4 is 0 Å². The van der Waals surface area contributed by atoms with Crippen LogP contribution in [0.2, 0.25) is 0 Å². The van der Waals surface area contributed by atoms with Crippen molar-refractivity contribution in [1.29, 1.82) is 0 Å². The Bertz CT molecular complexity index is 521. The van der Waals surface area contributed by atoms with Crippen LogP contribution in [0.25, 0.3) is 0 Å². The molecule has 116 valence electrons. The second kappa shape index (κ2) is 8.51. The van der Waals surface area contributed by atoms with Gasteiger partial charge in [-0.25, -0.2) is 0 Å². The van der Waals surface area contributed by atoms with E-state index in [4.69, 9.17) is 4.74 Å². The number of carbonyl (C=O) groups excluding carboxylic acids is 2. The van der Waals surface area contributed by atoms with E-state index in [1.165, 1.54) is 9.80 Å². The molecule has 0 saturated carbocycles. The zero-order chi connectivity index (χ0) is 16.0. The first-order valence-electron chi connectivity index (χ1n) is 6.30. The van der Waals surface area contributed by atoms with Gasteiger partial charge in [-0.15, -0.1) is 0 Å². The minimum Gasteiger partial charge on any atom is -0.383 e. The average molecular weight is 422 g/mol. The fourth-order valence-corrected chi connectivity index (χ4v) is 2.37. The molecule has 2 amide bonds. The Morgan fingerprint density at radius 3 is 2.48 bits per heavy atom. The molecule has 1 aromatic carbocycles. The van der Waals surface area contributed by atoms with Gasteiger partial charge in [0.15, 0.2) is 0 Å². The van der Waals surface area contributed by atoms with E-state index in [1.54, 1.807) is 33.3 Å². The summed E-state index contributed by atoms with van der Waals surface area (Å²) < 4.78 is 6.51. The predicted molar refractivity (Wildman–Crippen MR) is 88.3 cm³/mol. The van der Waals surface area contributed by atoms with Crippen LogP contribution in [0.1, 0.15) is 10.4 Å². The Morgan fingerprint density at radius 2 is 1.90 bits per heavy atom. The normalized spacial score (nSPS) is 10.3. The van der Waals surface area contributed by atoms with E-state index in [0.717, 1.165) is 4.47 Å². The third kappa shape index (κ3) is 5.41. The third-order valence-corrected chi connectivity index (χ3v) is 4.02. The average Bonchev–Trinajstić information content (AvgIpc) is 2.44. The van der Waals surface area contributed by atoms with Gasteiger partial charge in [0.2, 0.25) is 5.91 Å². The Kier molecular flexibility index (Phi) is 7.34. The molecule has 0 unspecified atom stereocenters. The standard InChI is InChI=1S/C14H18Br2N2O3/c1-17(2)13(19)9-18(6-7-21-3)14(20)11-8-10(15)4-5-12(11)16/h4-5,8H,6-7,9H2,1-3H3. The van der Waals surface area contributed by atoms with E-state index in [0.29, 0.717) is 23.2 Å². The van der Waals surface area contributed by atoms with Crippen molar-refractivity contribution in [1.82, 2.24) is 9.80 Å². The monoisotopic (exact) mass is 420 g/mol. The number of methoxy groups -OCH3 is 1. The highest BCUT2D eigenvalue weighted by Crippen LogP contribution is 2.23. The van der Waals surface area contributed by atoms with Crippen LogP contribution >= 0.6 is 31.9 Å². The van der Waals surface area contributed by atoms with Crippen LogP contribution in [0.3, 0.4) is 0 Å². The van der Waals surface area contributed by atoms with Gasteiger partial charge in [-0.1, -0.05) is 15.9 Å². The van der Waals surface area contributed by atoms with E-state index in [9.17, 15) is 9.59 Å². The summed E-state index contributed by atoms with van der Waals surface area (Å²) in [5.41, 5.74) is 0.507. The number of hydrogen-bond donors (Lipinski definition) is 0. The summed E-state index contributed by atoms with van der Waals surface area (Å²) in [6.07, 6.45) is 0. The lowest BCUT2D eigenvalue weighted by Crippen LogP contribution is -2.42. The fourth-order valence-electron chi connectivity index (χ4n) is 1.59. The highest BCUT2D eigenvalue weighted by atomic mass is 79.9. The van der Waals surface area contributed by atoms with Crippen LogP contribution in [0.5, 0.6) is 0 Å². The molecule has 1 rings (SSSR count). The molecule has 0 aromatic heterocycles. The number of amides is 2. The number of halogens is 2. The zero-order valence-corrected chi connectivity index (χ0v) is 15.4. The molecule has 5 nitrogen and oxygen atoms in total. The van der Waals surface area contributed by atoms with Crippen molar-refractivity contribution in [3.63, 3.8) is 0 Å². The topological polar surface area (TPSA) is 49.9 Å². The van der Waals surface area contributed by atoms with Crippen molar-refractivity contribution in [2.24, 2.45) is 0 Å². The van der Waals surface area contributed by atoms with Gasteiger partial charge in [-0.2, -0.15) is 0 Å². The highest BCUT2D eigenvalue weighted by Gasteiger charge is 2.21. The van der Waals surface area contributed by atoms with Crippen molar-refractivity contribution < 1.29 is 14.3 Å². The van der Waals surface area contributed by atoms with Gasteiger partial charge in [0.1, 0.15) is 6.54 Å².